The van der Waals surface area contributed by atoms with Gasteiger partial charge in [0.05, 0.1) is 24.0 Å². The number of nitrogens with zero attached hydrogens (tertiary/aromatic N) is 1. The van der Waals surface area contributed by atoms with Crippen molar-refractivity contribution in [2.75, 3.05) is 12.4 Å². The third-order valence-corrected chi connectivity index (χ3v) is 5.52. The molecule has 186 valence electrons. The van der Waals surface area contributed by atoms with Crippen molar-refractivity contribution in [3.63, 3.8) is 0 Å². The van der Waals surface area contributed by atoms with Crippen LogP contribution in [0.2, 0.25) is 0 Å². The number of amides is 1. The van der Waals surface area contributed by atoms with Crippen LogP contribution >= 0.6 is 0 Å². The number of anilines is 1. The Balaban J connectivity index is 1.74. The zero-order valence-corrected chi connectivity index (χ0v) is 21.1. The van der Waals surface area contributed by atoms with Gasteiger partial charge in [0.15, 0.2) is 0 Å². The number of para-hydroxylation sites is 2. The molecule has 4 aromatic rings. The Bertz CT molecular complexity index is 1410. The molecule has 0 aliphatic carbocycles. The maximum absolute atomic E-state index is 13.4. The van der Waals surface area contributed by atoms with E-state index in [1.165, 1.54) is 0 Å². The van der Waals surface area contributed by atoms with Gasteiger partial charge in [-0.2, -0.15) is 0 Å². The lowest BCUT2D eigenvalue weighted by molar-refractivity contribution is 0.0463. The van der Waals surface area contributed by atoms with Crippen molar-refractivity contribution in [1.29, 1.82) is 0 Å². The second-order valence-corrected chi connectivity index (χ2v) is 9.45. The van der Waals surface area contributed by atoms with Crippen LogP contribution in [0.1, 0.15) is 42.4 Å². The van der Waals surface area contributed by atoms with Gasteiger partial charge in [-0.1, -0.05) is 42.5 Å². The van der Waals surface area contributed by atoms with E-state index in [1.807, 2.05) is 72.2 Å². The van der Waals surface area contributed by atoms with Gasteiger partial charge in [0.1, 0.15) is 23.7 Å². The fourth-order valence-corrected chi connectivity index (χ4v) is 4.00. The number of aryl methyl sites for hydroxylation is 1. The Morgan fingerprint density at radius 3 is 2.44 bits per heavy atom. The Hall–Kier alpha value is -4.26. The number of ether oxygens (including phenoxy) is 3. The first-order chi connectivity index (χ1) is 17.2. The molecule has 0 aliphatic heterocycles. The van der Waals surface area contributed by atoms with Crippen LogP contribution in [0.3, 0.4) is 0 Å². The summed E-state index contributed by atoms with van der Waals surface area (Å²) in [5.41, 5.74) is 3.38. The number of aromatic nitrogens is 1. The van der Waals surface area contributed by atoms with E-state index in [1.54, 1.807) is 40.0 Å². The van der Waals surface area contributed by atoms with E-state index in [0.29, 0.717) is 22.8 Å². The van der Waals surface area contributed by atoms with Gasteiger partial charge in [0, 0.05) is 5.39 Å². The second-order valence-electron chi connectivity index (χ2n) is 9.45. The first kappa shape index (κ1) is 24.9. The highest BCUT2D eigenvalue weighted by Crippen LogP contribution is 2.32. The summed E-state index contributed by atoms with van der Waals surface area (Å²) in [5, 5.41) is 3.72. The van der Waals surface area contributed by atoms with Crippen LogP contribution in [-0.2, 0) is 16.1 Å². The highest BCUT2D eigenvalue weighted by atomic mass is 16.6. The third kappa shape index (κ3) is 5.51. The molecule has 7 heteroatoms. The van der Waals surface area contributed by atoms with Crippen molar-refractivity contribution in [3.05, 3.63) is 89.6 Å². The zero-order chi connectivity index (χ0) is 25.9. The van der Waals surface area contributed by atoms with Gasteiger partial charge in [-0.25, -0.2) is 9.59 Å². The van der Waals surface area contributed by atoms with Crippen LogP contribution in [0.25, 0.3) is 16.6 Å². The fraction of sp³-hybridized carbons (Fsp3) is 0.241. The first-order valence-electron chi connectivity index (χ1n) is 11.7. The lowest BCUT2D eigenvalue weighted by atomic mass is 10.1. The number of methoxy groups -OCH3 is 1. The minimum atomic E-state index is -0.650. The number of nitrogens with one attached hydrogen (secondary N) is 1. The Labute approximate surface area is 210 Å². The molecular weight excluding hydrogens is 456 g/mol. The van der Waals surface area contributed by atoms with Crippen molar-refractivity contribution in [2.45, 2.75) is 39.9 Å². The predicted octanol–water partition coefficient (Wildman–Crippen LogP) is 6.65. The molecule has 0 bridgehead atoms. The van der Waals surface area contributed by atoms with E-state index in [4.69, 9.17) is 14.2 Å². The molecule has 0 atom stereocenters. The Morgan fingerprint density at radius 1 is 0.944 bits per heavy atom. The number of hydrogen-bond acceptors (Lipinski definition) is 5. The SMILES string of the molecule is COc1cccc(COC(=O)c2cc3ccccc3n2-c2c(C)cccc2NC(=O)OC(C)(C)C)c1. The summed E-state index contributed by atoms with van der Waals surface area (Å²) in [4.78, 5) is 26.0. The Kier molecular flexibility index (Phi) is 7.01. The number of rotatable bonds is 6. The summed E-state index contributed by atoms with van der Waals surface area (Å²) >= 11 is 0. The van der Waals surface area contributed by atoms with Gasteiger partial charge in [-0.15, -0.1) is 0 Å². The molecule has 4 rings (SSSR count). The number of carbonyl (C=O) groups excluding carboxylic acids is 2. The topological polar surface area (TPSA) is 78.8 Å². The minimum Gasteiger partial charge on any atom is -0.497 e. The average molecular weight is 487 g/mol. The predicted molar refractivity (Wildman–Crippen MR) is 140 cm³/mol. The number of benzene rings is 3. The molecule has 0 aliphatic rings. The highest BCUT2D eigenvalue weighted by Gasteiger charge is 2.23. The second kappa shape index (κ2) is 10.2. The highest BCUT2D eigenvalue weighted by molar-refractivity contribution is 5.99. The molecular formula is C29H30N2O5. The molecule has 1 heterocycles. The van der Waals surface area contributed by atoms with Crippen molar-refractivity contribution in [1.82, 2.24) is 4.57 Å². The smallest absolute Gasteiger partial charge is 0.412 e. The van der Waals surface area contributed by atoms with Crippen molar-refractivity contribution < 1.29 is 23.8 Å². The van der Waals surface area contributed by atoms with E-state index < -0.39 is 17.7 Å². The normalized spacial score (nSPS) is 11.2. The minimum absolute atomic E-state index is 0.0916. The van der Waals surface area contributed by atoms with Gasteiger partial charge in [-0.05, 0) is 69.2 Å². The van der Waals surface area contributed by atoms with Gasteiger partial charge in [-0.3, -0.25) is 5.32 Å². The maximum Gasteiger partial charge on any atom is 0.412 e. The standard InChI is InChI=1S/C29H30N2O5/c1-19-10-8-14-23(30-28(33)36-29(2,3)4)26(19)31-24-15-7-6-12-21(24)17-25(31)27(32)35-18-20-11-9-13-22(16-20)34-5/h6-17H,18H2,1-5H3,(H,30,33). The average Bonchev–Trinajstić information content (AvgIpc) is 3.21. The van der Waals surface area contributed by atoms with Gasteiger partial charge in [0.25, 0.3) is 0 Å². The van der Waals surface area contributed by atoms with Gasteiger partial charge >= 0.3 is 12.1 Å². The van der Waals surface area contributed by atoms with Crippen LogP contribution in [0.4, 0.5) is 10.5 Å². The van der Waals surface area contributed by atoms with Crippen LogP contribution < -0.4 is 10.1 Å². The summed E-state index contributed by atoms with van der Waals surface area (Å²) in [6.45, 7) is 7.43. The fourth-order valence-electron chi connectivity index (χ4n) is 4.00. The molecule has 7 nitrogen and oxygen atoms in total. The lowest BCUT2D eigenvalue weighted by Crippen LogP contribution is -2.27. The number of fused-ring (bicyclic) bond motifs is 1. The van der Waals surface area contributed by atoms with Crippen LogP contribution in [0.5, 0.6) is 5.75 Å². The zero-order valence-electron chi connectivity index (χ0n) is 21.1. The van der Waals surface area contributed by atoms with Gasteiger partial charge in [0.2, 0.25) is 0 Å². The van der Waals surface area contributed by atoms with E-state index in [2.05, 4.69) is 5.32 Å². The van der Waals surface area contributed by atoms with Crippen molar-refractivity contribution in [2.24, 2.45) is 0 Å². The molecule has 3 aromatic carbocycles. The lowest BCUT2D eigenvalue weighted by Gasteiger charge is -2.22. The summed E-state index contributed by atoms with van der Waals surface area (Å²) in [6.07, 6.45) is -0.576. The largest absolute Gasteiger partial charge is 0.497 e. The molecule has 1 N–H and O–H groups in total. The summed E-state index contributed by atoms with van der Waals surface area (Å²) < 4.78 is 18.3. The summed E-state index contributed by atoms with van der Waals surface area (Å²) in [5.74, 6) is 0.205. The molecule has 0 saturated heterocycles. The summed E-state index contributed by atoms with van der Waals surface area (Å²) in [7, 11) is 1.59. The van der Waals surface area contributed by atoms with E-state index in [9.17, 15) is 9.59 Å². The number of hydrogen-bond donors (Lipinski definition) is 1. The van der Waals surface area contributed by atoms with Crippen LogP contribution in [-0.4, -0.2) is 29.3 Å². The molecule has 0 saturated carbocycles. The van der Waals surface area contributed by atoms with Crippen molar-refractivity contribution >= 4 is 28.7 Å². The molecule has 1 aromatic heterocycles. The molecule has 36 heavy (non-hydrogen) atoms. The first-order valence-corrected chi connectivity index (χ1v) is 11.7. The van der Waals surface area contributed by atoms with E-state index in [-0.39, 0.29) is 6.61 Å². The molecule has 0 unspecified atom stereocenters. The van der Waals surface area contributed by atoms with Crippen LogP contribution in [0.15, 0.2) is 72.8 Å². The maximum atomic E-state index is 13.4. The molecule has 1 amide bonds. The third-order valence-electron chi connectivity index (χ3n) is 5.52. The molecule has 0 fully saturated rings. The number of carbonyl (C=O) groups is 2. The quantitative estimate of drug-likeness (QED) is 0.309. The van der Waals surface area contributed by atoms with Crippen molar-refractivity contribution in [3.8, 4) is 11.4 Å². The summed E-state index contributed by atoms with van der Waals surface area (Å²) in [6, 6.07) is 22.4. The molecule has 0 spiro atoms. The number of esters is 1. The molecule has 0 radical (unpaired) electrons. The Morgan fingerprint density at radius 2 is 1.69 bits per heavy atom. The monoisotopic (exact) mass is 486 g/mol. The van der Waals surface area contributed by atoms with Gasteiger partial charge < -0.3 is 18.8 Å². The van der Waals surface area contributed by atoms with Crippen LogP contribution in [0, 0.1) is 6.92 Å². The van der Waals surface area contributed by atoms with E-state index >= 15 is 0 Å². The van der Waals surface area contributed by atoms with E-state index in [0.717, 1.165) is 22.0 Å².